The van der Waals surface area contributed by atoms with Gasteiger partial charge in [-0.1, -0.05) is 23.7 Å². The maximum absolute atomic E-state index is 12.3. The maximum Gasteiger partial charge on any atom is 0.330 e. The fourth-order valence-electron chi connectivity index (χ4n) is 2.83. The number of ether oxygens (including phenoxy) is 1. The third kappa shape index (κ3) is 2.77. The quantitative estimate of drug-likeness (QED) is 0.802. The van der Waals surface area contributed by atoms with Crippen molar-refractivity contribution in [3.63, 3.8) is 0 Å². The van der Waals surface area contributed by atoms with Gasteiger partial charge in [-0.2, -0.15) is 0 Å². The summed E-state index contributed by atoms with van der Waals surface area (Å²) in [6, 6.07) is 6.71. The van der Waals surface area contributed by atoms with Gasteiger partial charge in [0.25, 0.3) is 0 Å². The number of amides is 1. The summed E-state index contributed by atoms with van der Waals surface area (Å²) >= 11 is 7.48. The van der Waals surface area contributed by atoms with Crippen molar-refractivity contribution in [2.75, 3.05) is 5.75 Å². The van der Waals surface area contributed by atoms with Crippen LogP contribution in [0.15, 0.2) is 24.3 Å². The Bertz CT molecular complexity index is 577. The van der Waals surface area contributed by atoms with E-state index >= 15 is 0 Å². The van der Waals surface area contributed by atoms with Gasteiger partial charge in [-0.3, -0.25) is 4.79 Å². The zero-order chi connectivity index (χ0) is 15.0. The van der Waals surface area contributed by atoms with E-state index in [1.54, 1.807) is 28.8 Å². The van der Waals surface area contributed by atoms with E-state index in [0.717, 1.165) is 12.0 Å². The van der Waals surface area contributed by atoms with Gasteiger partial charge in [0.2, 0.25) is 5.91 Å². The van der Waals surface area contributed by atoms with E-state index in [9.17, 15) is 9.59 Å². The number of thioether (sulfide) groups is 1. The number of rotatable bonds is 3. The molecule has 0 radical (unpaired) electrons. The summed E-state index contributed by atoms with van der Waals surface area (Å²) in [5.74, 6) is 0.342. The molecule has 0 unspecified atom stereocenters. The molecule has 4 nitrogen and oxygen atoms in total. The molecule has 2 saturated heterocycles. The van der Waals surface area contributed by atoms with Gasteiger partial charge in [-0.15, -0.1) is 11.8 Å². The van der Waals surface area contributed by atoms with E-state index in [1.165, 1.54) is 0 Å². The molecule has 1 amide bonds. The lowest BCUT2D eigenvalue weighted by Crippen LogP contribution is -2.46. The Morgan fingerprint density at radius 3 is 2.90 bits per heavy atom. The average Bonchev–Trinajstić information content (AvgIpc) is 2.95. The van der Waals surface area contributed by atoms with Crippen LogP contribution in [0.4, 0.5) is 0 Å². The van der Waals surface area contributed by atoms with E-state index in [2.05, 4.69) is 0 Å². The SMILES string of the molecule is C[C@@]12CCC(=O)N1[C@H](C(=O)OCc1ccc(Cl)cc1)CS2. The number of nitrogens with zero attached hydrogens (tertiary/aromatic N) is 1. The van der Waals surface area contributed by atoms with Gasteiger partial charge in [0, 0.05) is 17.2 Å². The van der Waals surface area contributed by atoms with Gasteiger partial charge in [0.15, 0.2) is 0 Å². The van der Waals surface area contributed by atoms with Crippen molar-refractivity contribution < 1.29 is 14.3 Å². The van der Waals surface area contributed by atoms with Gasteiger partial charge in [-0.25, -0.2) is 4.79 Å². The van der Waals surface area contributed by atoms with Crippen molar-refractivity contribution >= 4 is 35.2 Å². The molecule has 6 heteroatoms. The summed E-state index contributed by atoms with van der Waals surface area (Å²) < 4.78 is 5.36. The highest BCUT2D eigenvalue weighted by Gasteiger charge is 2.53. The number of carbonyl (C=O) groups is 2. The number of carbonyl (C=O) groups excluding carboxylic acids is 2. The highest BCUT2D eigenvalue weighted by atomic mass is 35.5. The van der Waals surface area contributed by atoms with Crippen molar-refractivity contribution in [3.8, 4) is 0 Å². The molecule has 1 aromatic carbocycles. The van der Waals surface area contributed by atoms with Crippen LogP contribution in [0, 0.1) is 0 Å². The Morgan fingerprint density at radius 1 is 1.48 bits per heavy atom. The molecule has 0 bridgehead atoms. The maximum atomic E-state index is 12.3. The summed E-state index contributed by atoms with van der Waals surface area (Å²) in [6.45, 7) is 2.23. The zero-order valence-electron chi connectivity index (χ0n) is 11.7. The topological polar surface area (TPSA) is 46.6 Å². The first kappa shape index (κ1) is 14.7. The monoisotopic (exact) mass is 325 g/mol. The first-order valence-electron chi connectivity index (χ1n) is 6.87. The van der Waals surface area contributed by atoms with E-state index in [1.807, 2.05) is 19.1 Å². The highest BCUT2D eigenvalue weighted by molar-refractivity contribution is 8.01. The van der Waals surface area contributed by atoms with Crippen molar-refractivity contribution in [1.29, 1.82) is 0 Å². The molecule has 2 atom stereocenters. The number of hydrogen-bond donors (Lipinski definition) is 0. The summed E-state index contributed by atoms with van der Waals surface area (Å²) in [5.41, 5.74) is 0.883. The minimum absolute atomic E-state index is 0.0518. The summed E-state index contributed by atoms with van der Waals surface area (Å²) in [7, 11) is 0. The molecular weight excluding hydrogens is 310 g/mol. The Balaban J connectivity index is 1.63. The van der Waals surface area contributed by atoms with E-state index in [-0.39, 0.29) is 23.4 Å². The van der Waals surface area contributed by atoms with Crippen LogP contribution in [-0.2, 0) is 20.9 Å². The van der Waals surface area contributed by atoms with E-state index in [4.69, 9.17) is 16.3 Å². The average molecular weight is 326 g/mol. The predicted octanol–water partition coefficient (Wildman–Crippen LogP) is 2.84. The molecule has 2 heterocycles. The number of hydrogen-bond acceptors (Lipinski definition) is 4. The van der Waals surface area contributed by atoms with Crippen molar-refractivity contribution in [2.24, 2.45) is 0 Å². The standard InChI is InChI=1S/C15H16ClNO3S/c1-15-7-6-13(18)17(15)12(9-21-15)14(19)20-8-10-2-4-11(16)5-3-10/h2-5,12H,6-9H2,1H3/t12-,15+/m0/s1. The van der Waals surface area contributed by atoms with Crippen LogP contribution in [0.3, 0.4) is 0 Å². The third-order valence-electron chi connectivity index (χ3n) is 4.01. The molecule has 0 aliphatic carbocycles. The smallest absolute Gasteiger partial charge is 0.330 e. The van der Waals surface area contributed by atoms with Crippen LogP contribution in [0.2, 0.25) is 5.02 Å². The minimum atomic E-state index is -0.456. The van der Waals surface area contributed by atoms with Gasteiger partial charge in [0.1, 0.15) is 12.6 Å². The fourth-order valence-corrected chi connectivity index (χ4v) is 4.37. The van der Waals surface area contributed by atoms with Crippen molar-refractivity contribution in [1.82, 2.24) is 4.90 Å². The Morgan fingerprint density at radius 2 is 2.19 bits per heavy atom. The summed E-state index contributed by atoms with van der Waals surface area (Å²) in [5, 5.41) is 0.649. The predicted molar refractivity (Wildman–Crippen MR) is 82.0 cm³/mol. The molecular formula is C15H16ClNO3S. The van der Waals surface area contributed by atoms with Gasteiger partial charge in [0.05, 0.1) is 4.87 Å². The summed E-state index contributed by atoms with van der Waals surface area (Å²) in [6.07, 6.45) is 1.32. The second kappa shape index (κ2) is 5.54. The van der Waals surface area contributed by atoms with Crippen LogP contribution >= 0.6 is 23.4 Å². The molecule has 2 fully saturated rings. The number of esters is 1. The highest BCUT2D eigenvalue weighted by Crippen LogP contribution is 2.47. The van der Waals surface area contributed by atoms with Crippen LogP contribution in [-0.4, -0.2) is 33.4 Å². The molecule has 0 N–H and O–H groups in total. The van der Waals surface area contributed by atoms with Gasteiger partial charge >= 0.3 is 5.97 Å². The molecule has 2 aliphatic heterocycles. The van der Waals surface area contributed by atoms with Gasteiger partial charge < -0.3 is 9.64 Å². The third-order valence-corrected chi connectivity index (χ3v) is 5.77. The first-order valence-corrected chi connectivity index (χ1v) is 8.23. The lowest BCUT2D eigenvalue weighted by atomic mass is 10.2. The lowest BCUT2D eigenvalue weighted by Gasteiger charge is -2.29. The van der Waals surface area contributed by atoms with Crippen molar-refractivity contribution in [2.45, 2.75) is 37.3 Å². The largest absolute Gasteiger partial charge is 0.459 e. The fraction of sp³-hybridized carbons (Fsp3) is 0.467. The van der Waals surface area contributed by atoms with Gasteiger partial charge in [-0.05, 0) is 31.0 Å². The molecule has 3 rings (SSSR count). The van der Waals surface area contributed by atoms with E-state index in [0.29, 0.717) is 17.2 Å². The molecule has 112 valence electrons. The number of halogens is 1. The molecule has 1 aromatic rings. The second-order valence-corrected chi connectivity index (χ2v) is 7.44. The Hall–Kier alpha value is -1.20. The molecule has 2 aliphatic rings. The number of fused-ring (bicyclic) bond motifs is 1. The molecule has 0 aromatic heterocycles. The molecule has 21 heavy (non-hydrogen) atoms. The Kier molecular flexibility index (Phi) is 3.88. The second-order valence-electron chi connectivity index (χ2n) is 5.50. The first-order chi connectivity index (χ1) is 9.99. The van der Waals surface area contributed by atoms with Crippen molar-refractivity contribution in [3.05, 3.63) is 34.9 Å². The normalized spacial score (nSPS) is 27.8. The number of benzene rings is 1. The minimum Gasteiger partial charge on any atom is -0.459 e. The summed E-state index contributed by atoms with van der Waals surface area (Å²) in [4.78, 5) is 25.7. The Labute approximate surface area is 132 Å². The molecule has 0 saturated carbocycles. The van der Waals surface area contributed by atoms with Crippen LogP contribution < -0.4 is 0 Å². The van der Waals surface area contributed by atoms with E-state index < -0.39 is 6.04 Å². The van der Waals surface area contributed by atoms with Crippen LogP contribution in [0.1, 0.15) is 25.3 Å². The van der Waals surface area contributed by atoms with Crippen LogP contribution in [0.25, 0.3) is 0 Å². The van der Waals surface area contributed by atoms with Crippen LogP contribution in [0.5, 0.6) is 0 Å². The molecule has 0 spiro atoms. The zero-order valence-corrected chi connectivity index (χ0v) is 13.2. The lowest BCUT2D eigenvalue weighted by molar-refractivity contribution is -0.154.